The molecule has 0 unspecified atom stereocenters. The van der Waals surface area contributed by atoms with Gasteiger partial charge in [-0.1, -0.05) is 168 Å². The quantitative estimate of drug-likeness (QED) is 0.0351. The molecule has 0 saturated heterocycles. The van der Waals surface area contributed by atoms with Crippen molar-refractivity contribution in [1.29, 1.82) is 0 Å². The average molecular weight is 761 g/mol. The van der Waals surface area contributed by atoms with Crippen molar-refractivity contribution in [2.24, 2.45) is 11.8 Å². The molecule has 0 saturated carbocycles. The molecule has 54 heavy (non-hydrogen) atoms. The van der Waals surface area contributed by atoms with Crippen LogP contribution in [0.2, 0.25) is 0 Å². The van der Waals surface area contributed by atoms with Crippen LogP contribution < -0.4 is 0 Å². The molecular weight excluding hydrogens is 669 g/mol. The van der Waals surface area contributed by atoms with E-state index < -0.39 is 0 Å². The van der Waals surface area contributed by atoms with E-state index in [1.54, 1.807) is 0 Å². The third-order valence-electron chi connectivity index (χ3n) is 10.9. The van der Waals surface area contributed by atoms with Crippen LogP contribution in [-0.2, 0) is 19.1 Å². The molecule has 0 aliphatic carbocycles. The van der Waals surface area contributed by atoms with Gasteiger partial charge in [0, 0.05) is 12.8 Å². The Morgan fingerprint density at radius 1 is 0.444 bits per heavy atom. The molecular formula is C48H92N2O4. The molecule has 0 aromatic heterocycles. The van der Waals surface area contributed by atoms with E-state index in [0.29, 0.717) is 26.1 Å². The number of esters is 2. The molecule has 0 aromatic rings. The largest absolute Gasteiger partial charge is 0.461 e. The lowest BCUT2D eigenvalue weighted by Crippen LogP contribution is -2.28. The predicted octanol–water partition coefficient (Wildman–Crippen LogP) is 13.3. The SMILES string of the molecule is CCCCC(CC=CCOC(=O)CCCCCCCN(CCCCCCCC(=O)OCC=CCC(CCCC)CCCC)CCCCN(C)C)CCCC. The molecule has 0 N–H and O–H groups in total. The van der Waals surface area contributed by atoms with E-state index in [1.807, 2.05) is 12.2 Å². The van der Waals surface area contributed by atoms with Gasteiger partial charge in [-0.15, -0.1) is 0 Å². The number of hydrogen-bond acceptors (Lipinski definition) is 6. The summed E-state index contributed by atoms with van der Waals surface area (Å²) >= 11 is 0. The summed E-state index contributed by atoms with van der Waals surface area (Å²) in [6, 6.07) is 0. The first kappa shape index (κ1) is 52.3. The fraction of sp³-hybridized carbons (Fsp3) is 0.875. The van der Waals surface area contributed by atoms with Crippen LogP contribution in [0.5, 0.6) is 0 Å². The Morgan fingerprint density at radius 2 is 0.778 bits per heavy atom. The number of unbranched alkanes of at least 4 members (excludes halogenated alkanes) is 13. The Labute approximate surface area is 337 Å². The second-order valence-electron chi connectivity index (χ2n) is 16.5. The minimum absolute atomic E-state index is 0.0519. The maximum Gasteiger partial charge on any atom is 0.306 e. The van der Waals surface area contributed by atoms with Crippen LogP contribution >= 0.6 is 0 Å². The first-order valence-electron chi connectivity index (χ1n) is 23.3. The first-order valence-corrected chi connectivity index (χ1v) is 23.3. The minimum Gasteiger partial charge on any atom is -0.461 e. The van der Waals surface area contributed by atoms with E-state index in [1.165, 1.54) is 148 Å². The average Bonchev–Trinajstić information content (AvgIpc) is 3.16. The van der Waals surface area contributed by atoms with E-state index >= 15 is 0 Å². The van der Waals surface area contributed by atoms with Crippen LogP contribution in [-0.4, -0.2) is 75.2 Å². The van der Waals surface area contributed by atoms with E-state index in [9.17, 15) is 9.59 Å². The number of rotatable bonds is 41. The Hall–Kier alpha value is -1.66. The minimum atomic E-state index is -0.0519. The van der Waals surface area contributed by atoms with Gasteiger partial charge >= 0.3 is 11.9 Å². The summed E-state index contributed by atoms with van der Waals surface area (Å²) in [5.41, 5.74) is 0. The Balaban J connectivity index is 4.13. The van der Waals surface area contributed by atoms with Gasteiger partial charge in [0.05, 0.1) is 0 Å². The molecule has 0 aromatic carbocycles. The fourth-order valence-corrected chi connectivity index (χ4v) is 7.24. The highest BCUT2D eigenvalue weighted by atomic mass is 16.5. The topological polar surface area (TPSA) is 59.1 Å². The lowest BCUT2D eigenvalue weighted by molar-refractivity contribution is -0.143. The van der Waals surface area contributed by atoms with Crippen molar-refractivity contribution >= 4 is 11.9 Å². The number of carbonyl (C=O) groups excluding carboxylic acids is 2. The van der Waals surface area contributed by atoms with Crippen LogP contribution in [0, 0.1) is 11.8 Å². The number of hydrogen-bond donors (Lipinski definition) is 0. The van der Waals surface area contributed by atoms with Gasteiger partial charge in [0.25, 0.3) is 0 Å². The molecule has 0 atom stereocenters. The van der Waals surface area contributed by atoms with Crippen LogP contribution in [0.15, 0.2) is 24.3 Å². The van der Waals surface area contributed by atoms with Gasteiger partial charge in [-0.25, -0.2) is 0 Å². The summed E-state index contributed by atoms with van der Waals surface area (Å²) in [4.78, 5) is 29.4. The van der Waals surface area contributed by atoms with Gasteiger partial charge in [-0.2, -0.15) is 0 Å². The summed E-state index contributed by atoms with van der Waals surface area (Å²) in [5, 5.41) is 0. The van der Waals surface area contributed by atoms with Gasteiger partial charge in [-0.3, -0.25) is 9.59 Å². The van der Waals surface area contributed by atoms with E-state index in [-0.39, 0.29) is 11.9 Å². The maximum atomic E-state index is 12.2. The normalized spacial score (nSPS) is 12.1. The van der Waals surface area contributed by atoms with Crippen LogP contribution in [0.1, 0.15) is 207 Å². The zero-order valence-electron chi connectivity index (χ0n) is 37.0. The smallest absolute Gasteiger partial charge is 0.306 e. The Morgan fingerprint density at radius 3 is 1.15 bits per heavy atom. The van der Waals surface area contributed by atoms with Gasteiger partial charge in [0.15, 0.2) is 0 Å². The van der Waals surface area contributed by atoms with Gasteiger partial charge in [0.2, 0.25) is 0 Å². The third-order valence-corrected chi connectivity index (χ3v) is 10.9. The summed E-state index contributed by atoms with van der Waals surface area (Å²) in [5.74, 6) is 1.45. The van der Waals surface area contributed by atoms with Crippen LogP contribution in [0.3, 0.4) is 0 Å². The van der Waals surface area contributed by atoms with Crippen molar-refractivity contribution in [3.8, 4) is 0 Å². The van der Waals surface area contributed by atoms with Crippen LogP contribution in [0.4, 0.5) is 0 Å². The van der Waals surface area contributed by atoms with Crippen molar-refractivity contribution in [2.75, 3.05) is 53.5 Å². The molecule has 0 aliphatic rings. The second kappa shape index (κ2) is 41.0. The van der Waals surface area contributed by atoms with Gasteiger partial charge < -0.3 is 19.3 Å². The predicted molar refractivity (Wildman–Crippen MR) is 234 cm³/mol. The molecule has 0 heterocycles. The molecule has 6 heteroatoms. The first-order chi connectivity index (χ1) is 26.4. The number of nitrogens with zero attached hydrogens (tertiary/aromatic N) is 2. The molecule has 6 nitrogen and oxygen atoms in total. The molecule has 318 valence electrons. The highest BCUT2D eigenvalue weighted by Crippen LogP contribution is 2.21. The van der Waals surface area contributed by atoms with Gasteiger partial charge in [-0.05, 0) is 103 Å². The number of allylic oxidation sites excluding steroid dienone is 2. The lowest BCUT2D eigenvalue weighted by atomic mass is 9.93. The van der Waals surface area contributed by atoms with Crippen molar-refractivity contribution in [3.05, 3.63) is 24.3 Å². The zero-order chi connectivity index (χ0) is 39.7. The van der Waals surface area contributed by atoms with Crippen molar-refractivity contribution < 1.29 is 19.1 Å². The zero-order valence-corrected chi connectivity index (χ0v) is 37.0. The monoisotopic (exact) mass is 761 g/mol. The molecule has 0 fully saturated rings. The second-order valence-corrected chi connectivity index (χ2v) is 16.5. The van der Waals surface area contributed by atoms with Crippen molar-refractivity contribution in [2.45, 2.75) is 207 Å². The summed E-state index contributed by atoms with van der Waals surface area (Å²) < 4.78 is 10.9. The van der Waals surface area contributed by atoms with Crippen LogP contribution in [0.25, 0.3) is 0 Å². The third kappa shape index (κ3) is 37.3. The highest BCUT2D eigenvalue weighted by Gasteiger charge is 2.09. The van der Waals surface area contributed by atoms with E-state index in [2.05, 4.69) is 63.7 Å². The van der Waals surface area contributed by atoms with Crippen molar-refractivity contribution in [1.82, 2.24) is 9.80 Å². The number of ether oxygens (including phenoxy) is 2. The van der Waals surface area contributed by atoms with E-state index in [0.717, 1.165) is 56.9 Å². The summed E-state index contributed by atoms with van der Waals surface area (Å²) in [6.07, 6.45) is 41.3. The Bertz CT molecular complexity index is 795. The summed E-state index contributed by atoms with van der Waals surface area (Å²) in [7, 11) is 4.31. The Kier molecular flexibility index (Phi) is 39.7. The molecule has 0 bridgehead atoms. The van der Waals surface area contributed by atoms with E-state index in [4.69, 9.17) is 9.47 Å². The fourth-order valence-electron chi connectivity index (χ4n) is 7.24. The molecule has 0 radical (unpaired) electrons. The molecule has 0 rings (SSSR count). The molecule has 0 aliphatic heterocycles. The summed E-state index contributed by atoms with van der Waals surface area (Å²) in [6.45, 7) is 14.6. The highest BCUT2D eigenvalue weighted by molar-refractivity contribution is 5.69. The van der Waals surface area contributed by atoms with Gasteiger partial charge in [0.1, 0.15) is 13.2 Å². The standard InChI is InChI=1S/C48H92N2O4/c1-7-11-31-45(32-12-8-2)35-23-29-43-53-47(51)37-21-17-15-19-25-40-50(42-28-27-39-49(5)6)41-26-20-16-18-22-38-48(52)54-44-30-24-36-46(33-13-9-3)34-14-10-4/h23-24,29-30,45-46H,7-22,25-28,31-44H2,1-6H3. The van der Waals surface area contributed by atoms with Crippen molar-refractivity contribution in [3.63, 3.8) is 0 Å². The number of carbonyl (C=O) groups is 2. The lowest BCUT2D eigenvalue weighted by Gasteiger charge is -2.23. The maximum absolute atomic E-state index is 12.2. The molecule has 0 amide bonds. The molecule has 0 spiro atoms.